The Balaban J connectivity index is 1.55. The van der Waals surface area contributed by atoms with E-state index in [0.29, 0.717) is 5.56 Å². The zero-order valence-corrected chi connectivity index (χ0v) is 18.9. The number of carboxylic acids is 1. The molecule has 0 radical (unpaired) electrons. The number of nitrogens with one attached hydrogen (secondary N) is 4. The molecule has 3 amide bonds. The van der Waals surface area contributed by atoms with E-state index < -0.39 is 47.9 Å². The van der Waals surface area contributed by atoms with Crippen LogP contribution in [0.3, 0.4) is 0 Å². The maximum absolute atomic E-state index is 12.6. The van der Waals surface area contributed by atoms with E-state index in [-0.39, 0.29) is 18.7 Å². The second-order valence-electron chi connectivity index (χ2n) is 7.65. The Morgan fingerprint density at radius 2 is 1.75 bits per heavy atom. The second kappa shape index (κ2) is 12.0. The van der Waals surface area contributed by atoms with Crippen molar-refractivity contribution in [3.63, 3.8) is 0 Å². The fourth-order valence-corrected chi connectivity index (χ4v) is 3.33. The molecule has 0 saturated carbocycles. The van der Waals surface area contributed by atoms with Crippen molar-refractivity contribution >= 4 is 40.5 Å². The van der Waals surface area contributed by atoms with E-state index >= 15 is 0 Å². The number of nitrogens with zero attached hydrogens (tertiary/aromatic N) is 1. The molecule has 3 aromatic rings. The number of para-hydroxylation sites is 1. The summed E-state index contributed by atoms with van der Waals surface area (Å²) in [5.41, 5.74) is 1.97. The number of aliphatic carboxylic acids is 1. The Kier molecular flexibility index (Phi) is 8.54. The van der Waals surface area contributed by atoms with Crippen molar-refractivity contribution in [3.05, 3.63) is 76.0 Å². The van der Waals surface area contributed by atoms with E-state index in [0.717, 1.165) is 16.5 Å². The summed E-state index contributed by atoms with van der Waals surface area (Å²) in [6.07, 6.45) is 0.862. The summed E-state index contributed by atoms with van der Waals surface area (Å²) in [4.78, 5) is 60.9. The largest absolute Gasteiger partial charge is 0.480 e. The first-order valence-electron chi connectivity index (χ1n) is 10.7. The van der Waals surface area contributed by atoms with Gasteiger partial charge in [-0.05, 0) is 29.3 Å². The number of alkyl carbamates (subject to hydrolysis) is 1. The number of carbonyl (C=O) groups excluding carboxylic acids is 3. The first-order valence-corrected chi connectivity index (χ1v) is 10.7. The molecule has 1 unspecified atom stereocenters. The van der Waals surface area contributed by atoms with E-state index in [9.17, 15) is 29.3 Å². The molecule has 0 fully saturated rings. The van der Waals surface area contributed by atoms with E-state index in [4.69, 9.17) is 9.84 Å². The van der Waals surface area contributed by atoms with Gasteiger partial charge in [0.1, 0.15) is 25.7 Å². The SMILES string of the molecule is O=C(O)CNC(=O)C(Cc1c[nH]c2ccccc12)NC(=O)CNC(=O)OCc1ccc([N+](=O)[O-])cc1. The molecule has 0 spiro atoms. The number of hydrogen-bond acceptors (Lipinski definition) is 7. The Bertz CT molecular complexity index is 1270. The predicted molar refractivity (Wildman–Crippen MR) is 126 cm³/mol. The van der Waals surface area contributed by atoms with E-state index in [1.54, 1.807) is 6.20 Å². The van der Waals surface area contributed by atoms with Gasteiger partial charge < -0.3 is 30.8 Å². The lowest BCUT2D eigenvalue weighted by atomic mass is 10.0. The van der Waals surface area contributed by atoms with Crippen LogP contribution in [0.5, 0.6) is 0 Å². The van der Waals surface area contributed by atoms with Crippen molar-refractivity contribution in [2.75, 3.05) is 13.1 Å². The molecule has 0 saturated heterocycles. The van der Waals surface area contributed by atoms with Gasteiger partial charge in [0.05, 0.1) is 4.92 Å². The number of fused-ring (bicyclic) bond motifs is 1. The fraction of sp³-hybridized carbons (Fsp3) is 0.217. The number of aromatic nitrogens is 1. The number of non-ortho nitro benzene ring substituents is 1. The summed E-state index contributed by atoms with van der Waals surface area (Å²) >= 11 is 0. The highest BCUT2D eigenvalue weighted by Crippen LogP contribution is 2.19. The quantitative estimate of drug-likeness (QED) is 0.193. The van der Waals surface area contributed by atoms with Crippen molar-refractivity contribution in [1.29, 1.82) is 0 Å². The molecule has 1 aromatic heterocycles. The van der Waals surface area contributed by atoms with Crippen LogP contribution in [0.4, 0.5) is 10.5 Å². The molecule has 1 heterocycles. The molecular formula is C23H23N5O8. The Hall–Kier alpha value is -4.94. The Labute approximate surface area is 204 Å². The van der Waals surface area contributed by atoms with Gasteiger partial charge in [0.25, 0.3) is 5.69 Å². The van der Waals surface area contributed by atoms with Crippen LogP contribution >= 0.6 is 0 Å². The van der Waals surface area contributed by atoms with Gasteiger partial charge in [-0.1, -0.05) is 18.2 Å². The number of nitro benzene ring substituents is 1. The number of rotatable bonds is 11. The molecule has 13 nitrogen and oxygen atoms in total. The smallest absolute Gasteiger partial charge is 0.407 e. The van der Waals surface area contributed by atoms with Crippen molar-refractivity contribution < 1.29 is 33.9 Å². The molecular weight excluding hydrogens is 474 g/mol. The van der Waals surface area contributed by atoms with Gasteiger partial charge in [-0.25, -0.2) is 4.79 Å². The van der Waals surface area contributed by atoms with E-state index in [1.165, 1.54) is 24.3 Å². The van der Waals surface area contributed by atoms with Crippen LogP contribution in [0, 0.1) is 10.1 Å². The lowest BCUT2D eigenvalue weighted by Crippen LogP contribution is -2.51. The zero-order chi connectivity index (χ0) is 26.1. The summed E-state index contributed by atoms with van der Waals surface area (Å²) in [6.45, 7) is -1.30. The molecule has 36 heavy (non-hydrogen) atoms. The minimum atomic E-state index is -1.24. The summed E-state index contributed by atoms with van der Waals surface area (Å²) in [6, 6.07) is 11.7. The first kappa shape index (κ1) is 25.7. The summed E-state index contributed by atoms with van der Waals surface area (Å²) < 4.78 is 4.98. The van der Waals surface area contributed by atoms with Gasteiger partial charge >= 0.3 is 12.1 Å². The summed E-state index contributed by atoms with van der Waals surface area (Å²) in [5, 5.41) is 27.4. The van der Waals surface area contributed by atoms with E-state index in [2.05, 4.69) is 20.9 Å². The molecule has 0 aliphatic carbocycles. The number of amides is 3. The number of benzene rings is 2. The summed E-state index contributed by atoms with van der Waals surface area (Å²) in [7, 11) is 0. The lowest BCUT2D eigenvalue weighted by molar-refractivity contribution is -0.384. The Morgan fingerprint density at radius 3 is 2.44 bits per heavy atom. The maximum Gasteiger partial charge on any atom is 0.407 e. The molecule has 0 aliphatic heterocycles. The molecule has 188 valence electrons. The third-order valence-electron chi connectivity index (χ3n) is 5.07. The van der Waals surface area contributed by atoms with Gasteiger partial charge in [-0.2, -0.15) is 0 Å². The number of nitro groups is 1. The van der Waals surface area contributed by atoms with Crippen LogP contribution in [-0.4, -0.2) is 58.0 Å². The van der Waals surface area contributed by atoms with Gasteiger partial charge in [0.15, 0.2) is 0 Å². The number of H-pyrrole nitrogens is 1. The zero-order valence-electron chi connectivity index (χ0n) is 18.9. The monoisotopic (exact) mass is 497 g/mol. The number of hydrogen-bond donors (Lipinski definition) is 5. The third-order valence-corrected chi connectivity index (χ3v) is 5.07. The average Bonchev–Trinajstić information content (AvgIpc) is 3.27. The maximum atomic E-state index is 12.6. The van der Waals surface area contributed by atoms with Gasteiger partial charge in [-0.3, -0.25) is 24.5 Å². The number of ether oxygens (including phenoxy) is 1. The normalized spacial score (nSPS) is 11.3. The average molecular weight is 497 g/mol. The second-order valence-corrected chi connectivity index (χ2v) is 7.65. The molecule has 0 bridgehead atoms. The standard InChI is InChI=1S/C23H23N5O8/c29-20(11-26-23(33)36-13-14-5-7-16(8-6-14)28(34)35)27-19(22(32)25-12-21(30)31)9-15-10-24-18-4-2-1-3-17(15)18/h1-8,10,19,24H,9,11-13H2,(H,25,32)(H,26,33)(H,27,29)(H,30,31). The molecule has 5 N–H and O–H groups in total. The molecule has 2 aromatic carbocycles. The third kappa shape index (κ3) is 7.28. The van der Waals surface area contributed by atoms with Crippen molar-refractivity contribution in [1.82, 2.24) is 20.9 Å². The molecule has 1 atom stereocenters. The first-order chi connectivity index (χ1) is 17.2. The minimum Gasteiger partial charge on any atom is -0.480 e. The summed E-state index contributed by atoms with van der Waals surface area (Å²) in [5.74, 6) is -2.63. The van der Waals surface area contributed by atoms with Crippen molar-refractivity contribution in [3.8, 4) is 0 Å². The predicted octanol–water partition coefficient (Wildman–Crippen LogP) is 1.23. The number of carbonyl (C=O) groups is 4. The van der Waals surface area contributed by atoms with Crippen LogP contribution in [0.25, 0.3) is 10.9 Å². The highest BCUT2D eigenvalue weighted by atomic mass is 16.6. The topological polar surface area (TPSA) is 193 Å². The van der Waals surface area contributed by atoms with Crippen LogP contribution in [0.1, 0.15) is 11.1 Å². The van der Waals surface area contributed by atoms with Crippen molar-refractivity contribution in [2.45, 2.75) is 19.1 Å². The van der Waals surface area contributed by atoms with Crippen LogP contribution < -0.4 is 16.0 Å². The van der Waals surface area contributed by atoms with Crippen LogP contribution in [0.2, 0.25) is 0 Å². The molecule has 0 aliphatic rings. The van der Waals surface area contributed by atoms with Gasteiger partial charge in [0.2, 0.25) is 11.8 Å². The van der Waals surface area contributed by atoms with Gasteiger partial charge in [-0.15, -0.1) is 0 Å². The number of carboxylic acid groups (broad SMARTS) is 1. The highest BCUT2D eigenvalue weighted by Gasteiger charge is 2.23. The number of aromatic amines is 1. The molecule has 13 heteroatoms. The fourth-order valence-electron chi connectivity index (χ4n) is 3.33. The minimum absolute atomic E-state index is 0.0752. The lowest BCUT2D eigenvalue weighted by Gasteiger charge is -2.18. The van der Waals surface area contributed by atoms with Crippen molar-refractivity contribution in [2.24, 2.45) is 0 Å². The van der Waals surface area contributed by atoms with E-state index in [1.807, 2.05) is 24.3 Å². The van der Waals surface area contributed by atoms with Crippen LogP contribution in [0.15, 0.2) is 54.7 Å². The van der Waals surface area contributed by atoms with Gasteiger partial charge in [0, 0.05) is 35.7 Å². The highest BCUT2D eigenvalue weighted by molar-refractivity contribution is 5.92. The molecule has 3 rings (SSSR count). The Morgan fingerprint density at radius 1 is 1.03 bits per heavy atom. The van der Waals surface area contributed by atoms with Crippen LogP contribution in [-0.2, 0) is 32.1 Å².